The van der Waals surface area contributed by atoms with Crippen LogP contribution in [-0.4, -0.2) is 11.4 Å². The highest BCUT2D eigenvalue weighted by molar-refractivity contribution is 6.02. The largest absolute Gasteiger partial charge is 0.368 e. The monoisotopic (exact) mass is 252 g/mol. The van der Waals surface area contributed by atoms with Crippen molar-refractivity contribution in [3.8, 4) is 0 Å². The van der Waals surface area contributed by atoms with E-state index >= 15 is 0 Å². The van der Waals surface area contributed by atoms with Gasteiger partial charge in [-0.2, -0.15) is 0 Å². The molecule has 1 N–H and O–H groups in total. The fraction of sp³-hybridized carbons (Fsp3) is 0.176. The van der Waals surface area contributed by atoms with Gasteiger partial charge < -0.3 is 9.84 Å². The van der Waals surface area contributed by atoms with Crippen molar-refractivity contribution in [1.82, 2.24) is 0 Å². The van der Waals surface area contributed by atoms with Gasteiger partial charge in [0, 0.05) is 0 Å². The van der Waals surface area contributed by atoms with E-state index in [0.717, 1.165) is 5.56 Å². The zero-order valence-electron chi connectivity index (χ0n) is 10.8. The maximum Gasteiger partial charge on any atom is 0.152 e. The molecule has 0 amide bonds. The minimum absolute atomic E-state index is 0.416. The lowest BCUT2D eigenvalue weighted by molar-refractivity contribution is -0.0933. The van der Waals surface area contributed by atoms with Crippen LogP contribution >= 0.6 is 0 Å². The van der Waals surface area contributed by atoms with E-state index in [0.29, 0.717) is 6.61 Å². The van der Waals surface area contributed by atoms with E-state index in [1.807, 2.05) is 24.3 Å². The molecule has 3 rings (SSSR count). The summed E-state index contributed by atoms with van der Waals surface area (Å²) < 4.78 is 5.40. The predicted molar refractivity (Wildman–Crippen MR) is 77.9 cm³/mol. The normalized spacial score (nSPS) is 12.9. The Morgan fingerprint density at radius 2 is 1.47 bits per heavy atom. The highest BCUT2D eigenvalue weighted by atomic mass is 16.6. The Labute approximate surface area is 112 Å². The van der Waals surface area contributed by atoms with Gasteiger partial charge in [0.15, 0.2) is 6.29 Å². The highest BCUT2D eigenvalue weighted by Crippen LogP contribution is 2.29. The first kappa shape index (κ1) is 12.2. The van der Waals surface area contributed by atoms with Gasteiger partial charge in [0.1, 0.15) is 0 Å². The molecule has 96 valence electrons. The Hall–Kier alpha value is -1.90. The third-order valence-corrected chi connectivity index (χ3v) is 3.35. The SMILES string of the molecule is CC(O)OCc1c2ccccc2cc2ccccc12. The summed E-state index contributed by atoms with van der Waals surface area (Å²) in [6.07, 6.45) is -0.752. The molecule has 2 nitrogen and oxygen atoms in total. The van der Waals surface area contributed by atoms with Crippen molar-refractivity contribution in [3.05, 3.63) is 60.2 Å². The Morgan fingerprint density at radius 3 is 2.00 bits per heavy atom. The van der Waals surface area contributed by atoms with Crippen molar-refractivity contribution < 1.29 is 9.84 Å². The Balaban J connectivity index is 2.26. The summed E-state index contributed by atoms with van der Waals surface area (Å²) in [5.74, 6) is 0. The molecule has 0 heterocycles. The summed E-state index contributed by atoms with van der Waals surface area (Å²) in [5.41, 5.74) is 1.13. The van der Waals surface area contributed by atoms with Crippen LogP contribution in [-0.2, 0) is 11.3 Å². The Kier molecular flexibility index (Phi) is 3.20. The number of aliphatic hydroxyl groups is 1. The maximum absolute atomic E-state index is 9.34. The summed E-state index contributed by atoms with van der Waals surface area (Å²) in [5, 5.41) is 14.1. The molecular formula is C17H16O2. The fourth-order valence-electron chi connectivity index (χ4n) is 2.47. The zero-order valence-corrected chi connectivity index (χ0v) is 10.8. The first-order chi connectivity index (χ1) is 9.25. The smallest absolute Gasteiger partial charge is 0.152 e. The van der Waals surface area contributed by atoms with Crippen LogP contribution < -0.4 is 0 Å². The Morgan fingerprint density at radius 1 is 0.947 bits per heavy atom. The van der Waals surface area contributed by atoms with Crippen LogP contribution in [0.2, 0.25) is 0 Å². The van der Waals surface area contributed by atoms with Gasteiger partial charge >= 0.3 is 0 Å². The molecule has 19 heavy (non-hydrogen) atoms. The van der Waals surface area contributed by atoms with E-state index in [1.165, 1.54) is 21.5 Å². The lowest BCUT2D eigenvalue weighted by Crippen LogP contribution is -2.06. The fourth-order valence-corrected chi connectivity index (χ4v) is 2.47. The highest BCUT2D eigenvalue weighted by Gasteiger charge is 2.08. The van der Waals surface area contributed by atoms with Crippen molar-refractivity contribution in [2.24, 2.45) is 0 Å². The molecule has 0 aliphatic heterocycles. The molecule has 1 atom stereocenters. The minimum Gasteiger partial charge on any atom is -0.368 e. The van der Waals surface area contributed by atoms with Gasteiger partial charge in [-0.15, -0.1) is 0 Å². The van der Waals surface area contributed by atoms with Crippen LogP contribution in [0.15, 0.2) is 54.6 Å². The van der Waals surface area contributed by atoms with Gasteiger partial charge in [-0.05, 0) is 40.1 Å². The van der Waals surface area contributed by atoms with Gasteiger partial charge in [-0.25, -0.2) is 0 Å². The lowest BCUT2D eigenvalue weighted by atomic mass is 9.97. The summed E-state index contributed by atoms with van der Waals surface area (Å²) in [4.78, 5) is 0. The number of rotatable bonds is 3. The van der Waals surface area contributed by atoms with Crippen molar-refractivity contribution in [2.75, 3.05) is 0 Å². The third kappa shape index (κ3) is 2.33. The summed E-state index contributed by atoms with van der Waals surface area (Å²) in [7, 11) is 0. The molecule has 0 fully saturated rings. The van der Waals surface area contributed by atoms with E-state index < -0.39 is 6.29 Å². The number of hydrogen-bond donors (Lipinski definition) is 1. The minimum atomic E-state index is -0.752. The number of aliphatic hydroxyl groups excluding tert-OH is 1. The van der Waals surface area contributed by atoms with Gasteiger partial charge in [0.2, 0.25) is 0 Å². The van der Waals surface area contributed by atoms with Gasteiger partial charge in [0.05, 0.1) is 6.61 Å². The molecule has 1 unspecified atom stereocenters. The number of benzene rings is 3. The zero-order chi connectivity index (χ0) is 13.2. The molecule has 3 aromatic carbocycles. The molecule has 3 aromatic rings. The van der Waals surface area contributed by atoms with Crippen LogP contribution in [0.25, 0.3) is 21.5 Å². The summed E-state index contributed by atoms with van der Waals surface area (Å²) in [6, 6.07) is 18.7. The number of fused-ring (bicyclic) bond motifs is 2. The molecule has 0 saturated carbocycles. The summed E-state index contributed by atoms with van der Waals surface area (Å²) in [6.45, 7) is 2.05. The number of ether oxygens (including phenoxy) is 1. The van der Waals surface area contributed by atoms with Crippen LogP contribution in [0.4, 0.5) is 0 Å². The van der Waals surface area contributed by atoms with Gasteiger partial charge in [0.25, 0.3) is 0 Å². The van der Waals surface area contributed by atoms with Crippen molar-refractivity contribution >= 4 is 21.5 Å². The van der Waals surface area contributed by atoms with Crippen LogP contribution in [0, 0.1) is 0 Å². The van der Waals surface area contributed by atoms with E-state index in [4.69, 9.17) is 4.74 Å². The summed E-state index contributed by atoms with van der Waals surface area (Å²) >= 11 is 0. The van der Waals surface area contributed by atoms with E-state index in [1.54, 1.807) is 6.92 Å². The topological polar surface area (TPSA) is 29.5 Å². The van der Waals surface area contributed by atoms with Gasteiger partial charge in [-0.3, -0.25) is 0 Å². The van der Waals surface area contributed by atoms with Crippen molar-refractivity contribution in [3.63, 3.8) is 0 Å². The molecule has 2 heteroatoms. The first-order valence-corrected chi connectivity index (χ1v) is 6.45. The number of hydrogen-bond acceptors (Lipinski definition) is 2. The second-order valence-corrected chi connectivity index (χ2v) is 4.71. The van der Waals surface area contributed by atoms with Crippen LogP contribution in [0.5, 0.6) is 0 Å². The molecular weight excluding hydrogens is 236 g/mol. The quantitative estimate of drug-likeness (QED) is 0.566. The first-order valence-electron chi connectivity index (χ1n) is 6.45. The third-order valence-electron chi connectivity index (χ3n) is 3.35. The second-order valence-electron chi connectivity index (χ2n) is 4.71. The molecule has 0 saturated heterocycles. The lowest BCUT2D eigenvalue weighted by Gasteiger charge is -2.13. The molecule has 0 aliphatic rings. The van der Waals surface area contributed by atoms with Gasteiger partial charge in [-0.1, -0.05) is 48.5 Å². The second kappa shape index (κ2) is 5.00. The molecule has 0 bridgehead atoms. The molecule has 0 aromatic heterocycles. The average Bonchev–Trinajstić information content (AvgIpc) is 2.43. The average molecular weight is 252 g/mol. The molecule has 0 aliphatic carbocycles. The maximum atomic E-state index is 9.34. The van der Waals surface area contributed by atoms with Crippen molar-refractivity contribution in [2.45, 2.75) is 19.8 Å². The predicted octanol–water partition coefficient (Wildman–Crippen LogP) is 3.85. The Bertz CT molecular complexity index is 663. The van der Waals surface area contributed by atoms with E-state index in [9.17, 15) is 5.11 Å². The van der Waals surface area contributed by atoms with E-state index in [-0.39, 0.29) is 0 Å². The standard InChI is InChI=1S/C17H16O2/c1-12(18)19-11-17-15-8-4-2-6-13(15)10-14-7-3-5-9-16(14)17/h2-10,12,18H,11H2,1H3. The van der Waals surface area contributed by atoms with Crippen LogP contribution in [0.3, 0.4) is 0 Å². The van der Waals surface area contributed by atoms with E-state index in [2.05, 4.69) is 30.3 Å². The van der Waals surface area contributed by atoms with Crippen LogP contribution in [0.1, 0.15) is 12.5 Å². The van der Waals surface area contributed by atoms with Crippen molar-refractivity contribution in [1.29, 1.82) is 0 Å². The molecule has 0 spiro atoms. The molecule has 0 radical (unpaired) electrons.